The molecule has 98 valence electrons. The van der Waals surface area contributed by atoms with Gasteiger partial charge in [0.05, 0.1) is 6.10 Å². The normalized spacial score (nSPS) is 34.1. The van der Waals surface area contributed by atoms with Crippen molar-refractivity contribution in [2.24, 2.45) is 11.8 Å². The molecule has 0 radical (unpaired) electrons. The minimum Gasteiger partial charge on any atom is -0.378 e. The molecule has 1 aliphatic carbocycles. The molecular formula is C13H24N2O2. The summed E-state index contributed by atoms with van der Waals surface area (Å²) < 4.78 is 5.71. The number of nitrogens with one attached hydrogen (secondary N) is 2. The first kappa shape index (κ1) is 12.8. The molecule has 1 saturated heterocycles. The Morgan fingerprint density at radius 3 is 3.00 bits per heavy atom. The first-order chi connectivity index (χ1) is 8.22. The zero-order chi connectivity index (χ0) is 12.3. The van der Waals surface area contributed by atoms with Gasteiger partial charge in [0, 0.05) is 31.0 Å². The Bertz CT molecular complexity index is 270. The van der Waals surface area contributed by atoms with E-state index < -0.39 is 0 Å². The van der Waals surface area contributed by atoms with E-state index in [2.05, 4.69) is 10.6 Å². The average Bonchev–Trinajstić information content (AvgIpc) is 2.78. The van der Waals surface area contributed by atoms with Crippen LogP contribution in [0, 0.1) is 11.8 Å². The monoisotopic (exact) mass is 240 g/mol. The number of fused-ring (bicyclic) bond motifs is 1. The second-order valence-electron chi connectivity index (χ2n) is 5.37. The fraction of sp³-hybridized carbons (Fsp3) is 0.923. The molecule has 1 aliphatic heterocycles. The van der Waals surface area contributed by atoms with Crippen LogP contribution in [-0.4, -0.2) is 38.3 Å². The molecule has 1 heterocycles. The summed E-state index contributed by atoms with van der Waals surface area (Å²) in [6, 6.07) is 0.336. The SMILES string of the molecule is CNCC(C)C(=O)NC1CCCC2OCCC12. The van der Waals surface area contributed by atoms with E-state index in [0.29, 0.717) is 18.1 Å². The topological polar surface area (TPSA) is 50.4 Å². The van der Waals surface area contributed by atoms with Crippen molar-refractivity contribution < 1.29 is 9.53 Å². The van der Waals surface area contributed by atoms with Crippen molar-refractivity contribution in [2.75, 3.05) is 20.2 Å². The van der Waals surface area contributed by atoms with Gasteiger partial charge in [-0.15, -0.1) is 0 Å². The van der Waals surface area contributed by atoms with Crippen LogP contribution in [0.2, 0.25) is 0 Å². The van der Waals surface area contributed by atoms with Crippen molar-refractivity contribution in [3.05, 3.63) is 0 Å². The highest BCUT2D eigenvalue weighted by molar-refractivity contribution is 5.78. The number of hydrogen-bond donors (Lipinski definition) is 2. The molecule has 1 saturated carbocycles. The van der Waals surface area contributed by atoms with Crippen LogP contribution in [-0.2, 0) is 9.53 Å². The van der Waals surface area contributed by atoms with Gasteiger partial charge in [-0.3, -0.25) is 4.79 Å². The van der Waals surface area contributed by atoms with E-state index in [9.17, 15) is 4.79 Å². The van der Waals surface area contributed by atoms with Crippen molar-refractivity contribution in [3.8, 4) is 0 Å². The van der Waals surface area contributed by atoms with Crippen molar-refractivity contribution >= 4 is 5.91 Å². The quantitative estimate of drug-likeness (QED) is 0.768. The smallest absolute Gasteiger partial charge is 0.224 e. The third-order valence-electron chi connectivity index (χ3n) is 4.07. The summed E-state index contributed by atoms with van der Waals surface area (Å²) in [5.74, 6) is 0.772. The molecule has 2 aliphatic rings. The molecule has 4 atom stereocenters. The molecule has 1 amide bonds. The Kier molecular flexibility index (Phi) is 4.40. The average molecular weight is 240 g/mol. The van der Waals surface area contributed by atoms with Crippen LogP contribution in [0.25, 0.3) is 0 Å². The Hall–Kier alpha value is -0.610. The molecule has 2 fully saturated rings. The Morgan fingerprint density at radius 2 is 2.24 bits per heavy atom. The van der Waals surface area contributed by atoms with E-state index in [-0.39, 0.29) is 11.8 Å². The zero-order valence-corrected chi connectivity index (χ0v) is 10.9. The lowest BCUT2D eigenvalue weighted by atomic mass is 9.81. The van der Waals surface area contributed by atoms with Crippen LogP contribution in [0.1, 0.15) is 32.6 Å². The fourth-order valence-electron chi connectivity index (χ4n) is 3.08. The van der Waals surface area contributed by atoms with Crippen molar-refractivity contribution in [1.29, 1.82) is 0 Å². The summed E-state index contributed by atoms with van der Waals surface area (Å²) in [5, 5.41) is 6.26. The third-order valence-corrected chi connectivity index (χ3v) is 4.07. The molecule has 0 aromatic rings. The minimum absolute atomic E-state index is 0.0442. The highest BCUT2D eigenvalue weighted by Gasteiger charge is 2.38. The zero-order valence-electron chi connectivity index (χ0n) is 10.9. The molecule has 2 N–H and O–H groups in total. The number of rotatable bonds is 4. The maximum Gasteiger partial charge on any atom is 0.224 e. The second-order valence-corrected chi connectivity index (χ2v) is 5.37. The van der Waals surface area contributed by atoms with Gasteiger partial charge in [-0.2, -0.15) is 0 Å². The molecular weight excluding hydrogens is 216 g/mol. The predicted octanol–water partition coefficient (Wildman–Crippen LogP) is 0.916. The van der Waals surface area contributed by atoms with Crippen LogP contribution < -0.4 is 10.6 Å². The van der Waals surface area contributed by atoms with Gasteiger partial charge in [0.1, 0.15) is 0 Å². The van der Waals surface area contributed by atoms with E-state index >= 15 is 0 Å². The van der Waals surface area contributed by atoms with Crippen molar-refractivity contribution in [3.63, 3.8) is 0 Å². The van der Waals surface area contributed by atoms with Gasteiger partial charge >= 0.3 is 0 Å². The summed E-state index contributed by atoms with van der Waals surface area (Å²) in [6.07, 6.45) is 4.96. The van der Waals surface area contributed by atoms with Crippen molar-refractivity contribution in [2.45, 2.75) is 44.8 Å². The summed E-state index contributed by atoms with van der Waals surface area (Å²) in [6.45, 7) is 3.58. The molecule has 0 spiro atoms. The van der Waals surface area contributed by atoms with Gasteiger partial charge in [-0.05, 0) is 32.7 Å². The van der Waals surface area contributed by atoms with Gasteiger partial charge < -0.3 is 15.4 Å². The lowest BCUT2D eigenvalue weighted by Gasteiger charge is -2.33. The van der Waals surface area contributed by atoms with Crippen LogP contribution in [0.4, 0.5) is 0 Å². The number of amides is 1. The molecule has 4 heteroatoms. The third kappa shape index (κ3) is 2.99. The largest absolute Gasteiger partial charge is 0.378 e. The maximum atomic E-state index is 12.0. The van der Waals surface area contributed by atoms with Crippen molar-refractivity contribution in [1.82, 2.24) is 10.6 Å². The Labute approximate surface area is 103 Å². The van der Waals surface area contributed by atoms with Gasteiger partial charge in [0.15, 0.2) is 0 Å². The summed E-state index contributed by atoms with van der Waals surface area (Å²) in [4.78, 5) is 12.0. The lowest BCUT2D eigenvalue weighted by Crippen LogP contribution is -2.48. The molecule has 0 aromatic heterocycles. The van der Waals surface area contributed by atoms with E-state index in [0.717, 1.165) is 26.0 Å². The predicted molar refractivity (Wildman–Crippen MR) is 66.7 cm³/mol. The standard InChI is InChI=1S/C13H24N2O2/c1-9(8-14-2)13(16)15-11-4-3-5-12-10(11)6-7-17-12/h9-12,14H,3-8H2,1-2H3,(H,15,16). The first-order valence-corrected chi connectivity index (χ1v) is 6.79. The van der Waals surface area contributed by atoms with Gasteiger partial charge in [-0.1, -0.05) is 6.92 Å². The van der Waals surface area contributed by atoms with E-state index in [1.807, 2.05) is 14.0 Å². The van der Waals surface area contributed by atoms with Crippen LogP contribution in [0.3, 0.4) is 0 Å². The Balaban J connectivity index is 1.87. The highest BCUT2D eigenvalue weighted by atomic mass is 16.5. The molecule has 0 aromatic carbocycles. The number of carbonyl (C=O) groups excluding carboxylic acids is 1. The van der Waals surface area contributed by atoms with E-state index in [1.165, 1.54) is 12.8 Å². The summed E-state index contributed by atoms with van der Waals surface area (Å²) >= 11 is 0. The van der Waals surface area contributed by atoms with Crippen LogP contribution >= 0.6 is 0 Å². The number of carbonyl (C=O) groups is 1. The van der Waals surface area contributed by atoms with Crippen LogP contribution in [0.5, 0.6) is 0 Å². The molecule has 4 nitrogen and oxygen atoms in total. The van der Waals surface area contributed by atoms with Crippen LogP contribution in [0.15, 0.2) is 0 Å². The van der Waals surface area contributed by atoms with Gasteiger partial charge in [0.25, 0.3) is 0 Å². The second kappa shape index (κ2) is 5.83. The molecule has 17 heavy (non-hydrogen) atoms. The maximum absolute atomic E-state index is 12.0. The number of hydrogen-bond acceptors (Lipinski definition) is 3. The van der Waals surface area contributed by atoms with E-state index in [4.69, 9.17) is 4.74 Å². The van der Waals surface area contributed by atoms with Gasteiger partial charge in [0.2, 0.25) is 5.91 Å². The summed E-state index contributed by atoms with van der Waals surface area (Å²) in [5.41, 5.74) is 0. The minimum atomic E-state index is 0.0442. The van der Waals surface area contributed by atoms with E-state index in [1.54, 1.807) is 0 Å². The first-order valence-electron chi connectivity index (χ1n) is 6.79. The van der Waals surface area contributed by atoms with Gasteiger partial charge in [-0.25, -0.2) is 0 Å². The molecule has 2 rings (SSSR count). The highest BCUT2D eigenvalue weighted by Crippen LogP contribution is 2.34. The summed E-state index contributed by atoms with van der Waals surface area (Å²) in [7, 11) is 1.88. The fourth-order valence-corrected chi connectivity index (χ4v) is 3.08. The molecule has 4 unspecified atom stereocenters. The molecule has 0 bridgehead atoms. The Morgan fingerprint density at radius 1 is 1.41 bits per heavy atom. The number of ether oxygens (including phenoxy) is 1. The lowest BCUT2D eigenvalue weighted by molar-refractivity contribution is -0.126.